The normalized spacial score (nSPS) is 16.6. The Morgan fingerprint density at radius 1 is 1.48 bits per heavy atom. The number of H-pyrrole nitrogens is 1. The van der Waals surface area contributed by atoms with E-state index in [9.17, 15) is 4.79 Å². The first-order valence-electron chi connectivity index (χ1n) is 7.40. The Morgan fingerprint density at radius 3 is 3.00 bits per heavy atom. The summed E-state index contributed by atoms with van der Waals surface area (Å²) < 4.78 is 11.6. The standard InChI is InChI=1S/C16H20N2O3/c1-4-17-16(19)12-8-11-13(20-5-2)7-10-6-9(3)21-15(10)14(11)18-12/h7-9,18H,4-6H2,1-3H3,(H,17,19)/t9-/m0/s1. The molecule has 0 fully saturated rings. The van der Waals surface area contributed by atoms with E-state index >= 15 is 0 Å². The fourth-order valence-electron chi connectivity index (χ4n) is 2.78. The minimum Gasteiger partial charge on any atom is -0.493 e. The van der Waals surface area contributed by atoms with Crippen LogP contribution in [0, 0.1) is 0 Å². The molecule has 5 heteroatoms. The van der Waals surface area contributed by atoms with E-state index in [2.05, 4.69) is 10.3 Å². The van der Waals surface area contributed by atoms with Crippen molar-refractivity contribution in [2.45, 2.75) is 33.3 Å². The van der Waals surface area contributed by atoms with Gasteiger partial charge in [-0.25, -0.2) is 0 Å². The quantitative estimate of drug-likeness (QED) is 0.909. The highest BCUT2D eigenvalue weighted by Gasteiger charge is 2.26. The largest absolute Gasteiger partial charge is 0.493 e. The van der Waals surface area contributed by atoms with Gasteiger partial charge in [0.1, 0.15) is 23.3 Å². The summed E-state index contributed by atoms with van der Waals surface area (Å²) in [5, 5.41) is 3.69. The Hall–Kier alpha value is -2.17. The second-order valence-electron chi connectivity index (χ2n) is 5.26. The number of aromatic amines is 1. The molecular weight excluding hydrogens is 268 g/mol. The molecule has 2 aromatic rings. The second-order valence-corrected chi connectivity index (χ2v) is 5.26. The fourth-order valence-corrected chi connectivity index (χ4v) is 2.78. The van der Waals surface area contributed by atoms with Gasteiger partial charge in [0.2, 0.25) is 0 Å². The molecule has 2 N–H and O–H groups in total. The van der Waals surface area contributed by atoms with Crippen molar-refractivity contribution in [2.75, 3.05) is 13.2 Å². The lowest BCUT2D eigenvalue weighted by Gasteiger charge is -2.08. The minimum absolute atomic E-state index is 0.115. The number of ether oxygens (including phenoxy) is 2. The Bertz CT molecular complexity index is 690. The van der Waals surface area contributed by atoms with Gasteiger partial charge in [-0.2, -0.15) is 0 Å². The van der Waals surface area contributed by atoms with E-state index in [4.69, 9.17) is 9.47 Å². The Kier molecular flexibility index (Phi) is 3.49. The molecule has 3 rings (SSSR count). The topological polar surface area (TPSA) is 63.3 Å². The molecule has 21 heavy (non-hydrogen) atoms. The first-order chi connectivity index (χ1) is 10.1. The third kappa shape index (κ3) is 2.33. The number of fused-ring (bicyclic) bond motifs is 3. The van der Waals surface area contributed by atoms with E-state index in [1.807, 2.05) is 32.9 Å². The summed E-state index contributed by atoms with van der Waals surface area (Å²) in [7, 11) is 0. The highest BCUT2D eigenvalue weighted by molar-refractivity contribution is 6.02. The van der Waals surface area contributed by atoms with Gasteiger partial charge in [-0.1, -0.05) is 0 Å². The molecule has 1 aromatic carbocycles. The zero-order chi connectivity index (χ0) is 15.0. The number of carbonyl (C=O) groups excluding carboxylic acids is 1. The first kappa shape index (κ1) is 13.8. The van der Waals surface area contributed by atoms with Crippen molar-refractivity contribution >= 4 is 16.8 Å². The van der Waals surface area contributed by atoms with Crippen molar-refractivity contribution in [2.24, 2.45) is 0 Å². The summed E-state index contributed by atoms with van der Waals surface area (Å²) in [6, 6.07) is 3.86. The van der Waals surface area contributed by atoms with Gasteiger partial charge in [-0.15, -0.1) is 0 Å². The SMILES string of the molecule is CCNC(=O)c1cc2c(OCC)cc3c(c2[nH]1)O[C@@H](C)C3. The Labute approximate surface area is 123 Å². The summed E-state index contributed by atoms with van der Waals surface area (Å²) in [4.78, 5) is 15.2. The summed E-state index contributed by atoms with van der Waals surface area (Å²) in [6.45, 7) is 7.08. The van der Waals surface area contributed by atoms with Gasteiger partial charge >= 0.3 is 0 Å². The summed E-state index contributed by atoms with van der Waals surface area (Å²) in [5.41, 5.74) is 2.51. The summed E-state index contributed by atoms with van der Waals surface area (Å²) >= 11 is 0. The maximum atomic E-state index is 12.0. The van der Waals surface area contributed by atoms with Crippen molar-refractivity contribution in [3.05, 3.63) is 23.4 Å². The van der Waals surface area contributed by atoms with Gasteiger partial charge in [-0.05, 0) is 32.9 Å². The molecule has 0 saturated carbocycles. The highest BCUT2D eigenvalue weighted by atomic mass is 16.5. The lowest BCUT2D eigenvalue weighted by Crippen LogP contribution is -2.22. The number of rotatable bonds is 4. The highest BCUT2D eigenvalue weighted by Crippen LogP contribution is 2.41. The van der Waals surface area contributed by atoms with Crippen LogP contribution >= 0.6 is 0 Å². The van der Waals surface area contributed by atoms with Gasteiger partial charge in [-0.3, -0.25) is 4.79 Å². The molecule has 0 aliphatic carbocycles. The Morgan fingerprint density at radius 2 is 2.29 bits per heavy atom. The molecule has 0 saturated heterocycles. The molecule has 2 heterocycles. The van der Waals surface area contributed by atoms with Crippen LogP contribution in [-0.2, 0) is 6.42 Å². The van der Waals surface area contributed by atoms with Gasteiger partial charge in [0.25, 0.3) is 5.91 Å². The first-order valence-corrected chi connectivity index (χ1v) is 7.40. The second kappa shape index (κ2) is 5.31. The number of aromatic nitrogens is 1. The van der Waals surface area contributed by atoms with Crippen LogP contribution in [0.3, 0.4) is 0 Å². The van der Waals surface area contributed by atoms with Crippen molar-refractivity contribution in [1.29, 1.82) is 0 Å². The Balaban J connectivity index is 2.15. The van der Waals surface area contributed by atoms with E-state index < -0.39 is 0 Å². The molecule has 0 unspecified atom stereocenters. The molecule has 0 bridgehead atoms. The van der Waals surface area contributed by atoms with Crippen molar-refractivity contribution in [1.82, 2.24) is 10.3 Å². The maximum absolute atomic E-state index is 12.0. The fraction of sp³-hybridized carbons (Fsp3) is 0.438. The van der Waals surface area contributed by atoms with E-state index in [1.165, 1.54) is 0 Å². The third-order valence-corrected chi connectivity index (χ3v) is 3.62. The lowest BCUT2D eigenvalue weighted by molar-refractivity contribution is 0.0951. The summed E-state index contributed by atoms with van der Waals surface area (Å²) in [5.74, 6) is 1.53. The van der Waals surface area contributed by atoms with Gasteiger partial charge in [0.15, 0.2) is 0 Å². The van der Waals surface area contributed by atoms with Gasteiger partial charge in [0, 0.05) is 23.9 Å². The van der Waals surface area contributed by atoms with E-state index in [1.54, 1.807) is 0 Å². The maximum Gasteiger partial charge on any atom is 0.267 e. The van der Waals surface area contributed by atoms with Crippen LogP contribution in [-0.4, -0.2) is 30.1 Å². The van der Waals surface area contributed by atoms with Crippen LogP contribution in [0.2, 0.25) is 0 Å². The van der Waals surface area contributed by atoms with Crippen LogP contribution in [0.1, 0.15) is 36.8 Å². The van der Waals surface area contributed by atoms with Crippen LogP contribution in [0.5, 0.6) is 11.5 Å². The van der Waals surface area contributed by atoms with Gasteiger partial charge in [0.05, 0.1) is 12.1 Å². The molecule has 5 nitrogen and oxygen atoms in total. The molecule has 1 amide bonds. The molecule has 112 valence electrons. The zero-order valence-corrected chi connectivity index (χ0v) is 12.6. The third-order valence-electron chi connectivity index (χ3n) is 3.62. The molecule has 1 aromatic heterocycles. The van der Waals surface area contributed by atoms with Crippen LogP contribution in [0.4, 0.5) is 0 Å². The molecule has 0 radical (unpaired) electrons. The predicted octanol–water partition coefficient (Wildman–Crippen LogP) is 2.64. The van der Waals surface area contributed by atoms with E-state index in [-0.39, 0.29) is 12.0 Å². The molecule has 1 aliphatic rings. The number of hydrogen-bond donors (Lipinski definition) is 2. The molecule has 1 atom stereocenters. The monoisotopic (exact) mass is 288 g/mol. The number of carbonyl (C=O) groups is 1. The minimum atomic E-state index is -0.115. The number of nitrogens with one attached hydrogen (secondary N) is 2. The molecular formula is C16H20N2O3. The molecule has 0 spiro atoms. The number of benzene rings is 1. The predicted molar refractivity (Wildman–Crippen MR) is 81.3 cm³/mol. The average Bonchev–Trinajstić information content (AvgIpc) is 3.02. The van der Waals surface area contributed by atoms with Crippen LogP contribution < -0.4 is 14.8 Å². The zero-order valence-electron chi connectivity index (χ0n) is 12.6. The van der Waals surface area contributed by atoms with Crippen molar-refractivity contribution < 1.29 is 14.3 Å². The average molecular weight is 288 g/mol. The van der Waals surface area contributed by atoms with Crippen molar-refractivity contribution in [3.8, 4) is 11.5 Å². The van der Waals surface area contributed by atoms with Crippen LogP contribution in [0.15, 0.2) is 12.1 Å². The van der Waals surface area contributed by atoms with Crippen LogP contribution in [0.25, 0.3) is 10.9 Å². The lowest BCUT2D eigenvalue weighted by atomic mass is 10.1. The summed E-state index contributed by atoms with van der Waals surface area (Å²) in [6.07, 6.45) is 1.01. The molecule has 1 aliphatic heterocycles. The van der Waals surface area contributed by atoms with E-state index in [0.29, 0.717) is 18.8 Å². The number of amides is 1. The smallest absolute Gasteiger partial charge is 0.267 e. The van der Waals surface area contributed by atoms with E-state index in [0.717, 1.165) is 34.4 Å². The van der Waals surface area contributed by atoms with Gasteiger partial charge < -0.3 is 19.8 Å². The van der Waals surface area contributed by atoms with Crippen molar-refractivity contribution in [3.63, 3.8) is 0 Å². The number of hydrogen-bond acceptors (Lipinski definition) is 3.